The molecule has 0 radical (unpaired) electrons. The van der Waals surface area contributed by atoms with Gasteiger partial charge < -0.3 is 10.5 Å². The van der Waals surface area contributed by atoms with E-state index in [4.69, 9.17) is 22.1 Å². The second-order valence-electron chi connectivity index (χ2n) is 4.54. The van der Waals surface area contributed by atoms with E-state index in [0.29, 0.717) is 17.7 Å². The zero-order chi connectivity index (χ0) is 11.9. The Hall–Kier alpha value is -0.800. The van der Waals surface area contributed by atoms with E-state index in [1.54, 1.807) is 14.0 Å². The average Bonchev–Trinajstić information content (AvgIpc) is 2.93. The van der Waals surface area contributed by atoms with Gasteiger partial charge in [0.25, 0.3) is 0 Å². The molecule has 0 heterocycles. The Bertz CT molecular complexity index is 430. The first-order chi connectivity index (χ1) is 7.47. The number of ether oxygens (including phenoxy) is 1. The summed E-state index contributed by atoms with van der Waals surface area (Å²) >= 11 is 5.97. The van der Waals surface area contributed by atoms with Crippen LogP contribution in [-0.2, 0) is 6.42 Å². The van der Waals surface area contributed by atoms with Gasteiger partial charge >= 0.3 is 0 Å². The summed E-state index contributed by atoms with van der Waals surface area (Å²) in [6, 6.07) is 1.39. The lowest BCUT2D eigenvalue weighted by atomic mass is 10.0. The zero-order valence-corrected chi connectivity index (χ0v) is 10.2. The minimum Gasteiger partial charge on any atom is -0.496 e. The first-order valence-corrected chi connectivity index (χ1v) is 5.65. The standard InChI is InChI=1S/C12H15ClFNO/c1-7-5-9(14)10(13)8(11(7)16-2)6-12(15)3-4-12/h5H,3-4,6,15H2,1-2H3. The number of methoxy groups -OCH3 is 1. The molecule has 0 aliphatic heterocycles. The van der Waals surface area contributed by atoms with Crippen LogP contribution in [0, 0.1) is 12.7 Å². The lowest BCUT2D eigenvalue weighted by Gasteiger charge is -2.16. The molecule has 0 unspecified atom stereocenters. The molecule has 1 aliphatic rings. The monoisotopic (exact) mass is 243 g/mol. The lowest BCUT2D eigenvalue weighted by Crippen LogP contribution is -2.25. The fourth-order valence-corrected chi connectivity index (χ4v) is 2.14. The maximum atomic E-state index is 13.5. The molecule has 1 fully saturated rings. The van der Waals surface area contributed by atoms with Crippen LogP contribution in [-0.4, -0.2) is 12.6 Å². The van der Waals surface area contributed by atoms with Crippen LogP contribution in [0.1, 0.15) is 24.0 Å². The van der Waals surface area contributed by atoms with Crippen LogP contribution < -0.4 is 10.5 Å². The molecule has 1 aromatic rings. The average molecular weight is 244 g/mol. The molecule has 0 amide bonds. The number of halogens is 2. The maximum Gasteiger partial charge on any atom is 0.142 e. The summed E-state index contributed by atoms with van der Waals surface area (Å²) in [6.07, 6.45) is 2.50. The second-order valence-corrected chi connectivity index (χ2v) is 4.92. The molecular formula is C12H15ClFNO. The normalized spacial score (nSPS) is 17.3. The van der Waals surface area contributed by atoms with Gasteiger partial charge in [-0.2, -0.15) is 0 Å². The van der Waals surface area contributed by atoms with Gasteiger partial charge in [0.1, 0.15) is 11.6 Å². The van der Waals surface area contributed by atoms with Gasteiger partial charge in [-0.1, -0.05) is 11.6 Å². The Balaban J connectivity index is 2.47. The molecule has 0 aromatic heterocycles. The summed E-state index contributed by atoms with van der Waals surface area (Å²) < 4.78 is 18.8. The molecule has 16 heavy (non-hydrogen) atoms. The molecule has 0 bridgehead atoms. The van der Waals surface area contributed by atoms with Crippen molar-refractivity contribution in [2.24, 2.45) is 5.73 Å². The van der Waals surface area contributed by atoms with E-state index >= 15 is 0 Å². The van der Waals surface area contributed by atoms with E-state index in [1.165, 1.54) is 6.07 Å². The Kier molecular flexibility index (Phi) is 2.84. The highest BCUT2D eigenvalue weighted by molar-refractivity contribution is 6.31. The van der Waals surface area contributed by atoms with Crippen LogP contribution in [0.3, 0.4) is 0 Å². The molecule has 1 aliphatic carbocycles. The predicted octanol–water partition coefficient (Wildman–Crippen LogP) is 2.83. The van der Waals surface area contributed by atoms with Crippen molar-refractivity contribution in [1.82, 2.24) is 0 Å². The topological polar surface area (TPSA) is 35.2 Å². The van der Waals surface area contributed by atoms with Crippen molar-refractivity contribution >= 4 is 11.6 Å². The van der Waals surface area contributed by atoms with Crippen molar-refractivity contribution in [1.29, 1.82) is 0 Å². The number of aryl methyl sites for hydroxylation is 1. The number of nitrogens with two attached hydrogens (primary N) is 1. The molecule has 2 nitrogen and oxygen atoms in total. The van der Waals surface area contributed by atoms with Crippen molar-refractivity contribution in [2.45, 2.75) is 31.7 Å². The van der Waals surface area contributed by atoms with E-state index in [2.05, 4.69) is 0 Å². The summed E-state index contributed by atoms with van der Waals surface area (Å²) in [7, 11) is 1.57. The maximum absolute atomic E-state index is 13.5. The van der Waals surface area contributed by atoms with E-state index in [0.717, 1.165) is 18.4 Å². The minimum atomic E-state index is -0.404. The van der Waals surface area contributed by atoms with Crippen LogP contribution in [0.2, 0.25) is 5.02 Å². The van der Waals surface area contributed by atoms with E-state index in [1.807, 2.05) is 0 Å². The Morgan fingerprint density at radius 1 is 1.56 bits per heavy atom. The largest absolute Gasteiger partial charge is 0.496 e. The first-order valence-electron chi connectivity index (χ1n) is 5.27. The van der Waals surface area contributed by atoms with Crippen LogP contribution >= 0.6 is 11.6 Å². The fourth-order valence-electron chi connectivity index (χ4n) is 1.93. The molecule has 2 N–H and O–H groups in total. The van der Waals surface area contributed by atoms with Gasteiger partial charge in [-0.3, -0.25) is 0 Å². The van der Waals surface area contributed by atoms with Crippen molar-refractivity contribution in [2.75, 3.05) is 7.11 Å². The quantitative estimate of drug-likeness (QED) is 0.886. The highest BCUT2D eigenvalue weighted by Gasteiger charge is 2.39. The van der Waals surface area contributed by atoms with E-state index in [-0.39, 0.29) is 10.6 Å². The minimum absolute atomic E-state index is 0.138. The highest BCUT2D eigenvalue weighted by Crippen LogP contribution is 2.41. The third-order valence-electron chi connectivity index (χ3n) is 3.08. The fraction of sp³-hybridized carbons (Fsp3) is 0.500. The number of rotatable bonds is 3. The highest BCUT2D eigenvalue weighted by atomic mass is 35.5. The molecule has 0 atom stereocenters. The van der Waals surface area contributed by atoms with Crippen LogP contribution in [0.4, 0.5) is 4.39 Å². The number of hydrogen-bond donors (Lipinski definition) is 1. The Labute approximate surface area is 99.5 Å². The molecule has 2 rings (SSSR count). The van der Waals surface area contributed by atoms with Crippen molar-refractivity contribution in [3.63, 3.8) is 0 Å². The van der Waals surface area contributed by atoms with Gasteiger partial charge in [-0.05, 0) is 37.8 Å². The molecular weight excluding hydrogens is 229 g/mol. The lowest BCUT2D eigenvalue weighted by molar-refractivity contribution is 0.402. The van der Waals surface area contributed by atoms with Crippen molar-refractivity contribution < 1.29 is 9.13 Å². The van der Waals surface area contributed by atoms with Gasteiger partial charge in [0.2, 0.25) is 0 Å². The van der Waals surface area contributed by atoms with Gasteiger partial charge in [0, 0.05) is 11.1 Å². The molecule has 1 saturated carbocycles. The third kappa shape index (κ3) is 2.02. The molecule has 88 valence electrons. The van der Waals surface area contributed by atoms with E-state index < -0.39 is 5.82 Å². The molecule has 0 spiro atoms. The summed E-state index contributed by atoms with van der Waals surface area (Å²) in [5.74, 6) is 0.252. The SMILES string of the molecule is COc1c(C)cc(F)c(Cl)c1CC1(N)CC1. The van der Waals surface area contributed by atoms with Crippen molar-refractivity contribution in [3.05, 3.63) is 28.0 Å². The van der Waals surface area contributed by atoms with Gasteiger partial charge in [0.05, 0.1) is 12.1 Å². The Morgan fingerprint density at radius 3 is 2.69 bits per heavy atom. The third-order valence-corrected chi connectivity index (χ3v) is 3.48. The zero-order valence-electron chi connectivity index (χ0n) is 9.44. The Morgan fingerprint density at radius 2 is 2.19 bits per heavy atom. The number of hydrogen-bond acceptors (Lipinski definition) is 2. The van der Waals surface area contributed by atoms with Crippen LogP contribution in [0.25, 0.3) is 0 Å². The summed E-state index contributed by atoms with van der Waals surface area (Å²) in [5.41, 5.74) is 7.27. The first kappa shape index (κ1) is 11.7. The smallest absolute Gasteiger partial charge is 0.142 e. The summed E-state index contributed by atoms with van der Waals surface area (Å²) in [4.78, 5) is 0. The molecule has 4 heteroatoms. The van der Waals surface area contributed by atoms with Crippen LogP contribution in [0.5, 0.6) is 5.75 Å². The second kappa shape index (κ2) is 3.90. The van der Waals surface area contributed by atoms with Crippen LogP contribution in [0.15, 0.2) is 6.07 Å². The van der Waals surface area contributed by atoms with Crippen molar-refractivity contribution in [3.8, 4) is 5.75 Å². The predicted molar refractivity (Wildman–Crippen MR) is 62.6 cm³/mol. The van der Waals surface area contributed by atoms with Gasteiger partial charge in [0.15, 0.2) is 0 Å². The molecule has 0 saturated heterocycles. The number of benzene rings is 1. The summed E-state index contributed by atoms with van der Waals surface area (Å²) in [6.45, 7) is 1.80. The summed E-state index contributed by atoms with van der Waals surface area (Å²) in [5, 5.41) is 0.138. The van der Waals surface area contributed by atoms with E-state index in [9.17, 15) is 4.39 Å². The molecule has 1 aromatic carbocycles. The van der Waals surface area contributed by atoms with Gasteiger partial charge in [-0.25, -0.2) is 4.39 Å². The van der Waals surface area contributed by atoms with Gasteiger partial charge in [-0.15, -0.1) is 0 Å².